The van der Waals surface area contributed by atoms with E-state index in [0.29, 0.717) is 40.5 Å². The van der Waals surface area contributed by atoms with Gasteiger partial charge in [-0.1, -0.05) is 18.2 Å². The Hall–Kier alpha value is -2.66. The number of amides is 1. The van der Waals surface area contributed by atoms with Crippen LogP contribution in [-0.2, 0) is 5.54 Å². The maximum atomic E-state index is 14.5. The van der Waals surface area contributed by atoms with Crippen molar-refractivity contribution in [1.29, 1.82) is 0 Å². The van der Waals surface area contributed by atoms with Gasteiger partial charge in [0.05, 0.1) is 5.54 Å². The fourth-order valence-electron chi connectivity index (χ4n) is 2.94. The van der Waals surface area contributed by atoms with Crippen LogP contribution < -0.4 is 11.1 Å². The first-order valence-corrected chi connectivity index (χ1v) is 8.57. The van der Waals surface area contributed by atoms with E-state index in [0.717, 1.165) is 5.57 Å². The lowest BCUT2D eigenvalue weighted by Gasteiger charge is -2.31. The molecule has 4 nitrogen and oxygen atoms in total. The predicted molar refractivity (Wildman–Crippen MR) is 103 cm³/mol. The fourth-order valence-corrected chi connectivity index (χ4v) is 3.06. The molecule has 26 heavy (non-hydrogen) atoms. The first-order chi connectivity index (χ1) is 12.3. The average Bonchev–Trinajstić information content (AvgIpc) is 2.60. The fraction of sp³-hybridized carbons (Fsp3) is 0.200. The molecule has 2 aromatic carbocycles. The maximum absolute atomic E-state index is 14.5. The van der Waals surface area contributed by atoms with Gasteiger partial charge < -0.3 is 11.1 Å². The summed E-state index contributed by atoms with van der Waals surface area (Å²) < 4.78 is 14.5. The Morgan fingerprint density at radius 3 is 2.65 bits per heavy atom. The summed E-state index contributed by atoms with van der Waals surface area (Å²) in [6, 6.07) is 11.0. The number of aliphatic imine (C=N–C) groups is 1. The van der Waals surface area contributed by atoms with Gasteiger partial charge in [0.2, 0.25) is 0 Å². The lowest BCUT2D eigenvalue weighted by atomic mass is 9.83. The summed E-state index contributed by atoms with van der Waals surface area (Å²) in [5, 5.41) is 3.32. The van der Waals surface area contributed by atoms with Crippen LogP contribution in [0.4, 0.5) is 10.1 Å². The zero-order chi connectivity index (χ0) is 18.9. The van der Waals surface area contributed by atoms with E-state index in [4.69, 9.17) is 17.3 Å². The summed E-state index contributed by atoms with van der Waals surface area (Å²) in [7, 11) is 0. The van der Waals surface area contributed by atoms with E-state index in [-0.39, 0.29) is 11.7 Å². The molecule has 2 aromatic rings. The van der Waals surface area contributed by atoms with Crippen LogP contribution in [0.1, 0.15) is 35.7 Å². The lowest BCUT2D eigenvalue weighted by Crippen LogP contribution is -2.31. The molecule has 0 fully saturated rings. The number of rotatable bonds is 3. The summed E-state index contributed by atoms with van der Waals surface area (Å²) in [5.74, 6) is -0.348. The van der Waals surface area contributed by atoms with E-state index in [1.807, 2.05) is 6.92 Å². The summed E-state index contributed by atoms with van der Waals surface area (Å²) in [5.41, 5.74) is 7.20. The molecule has 0 spiro atoms. The third kappa shape index (κ3) is 3.63. The van der Waals surface area contributed by atoms with E-state index in [2.05, 4.69) is 16.9 Å². The van der Waals surface area contributed by atoms with Gasteiger partial charge in [-0.25, -0.2) is 4.39 Å². The molecule has 6 heteroatoms. The second kappa shape index (κ2) is 6.92. The molecule has 1 aliphatic rings. The van der Waals surface area contributed by atoms with Crippen LogP contribution >= 0.6 is 11.6 Å². The summed E-state index contributed by atoms with van der Waals surface area (Å²) in [4.78, 5) is 16.8. The van der Waals surface area contributed by atoms with E-state index in [1.165, 1.54) is 12.1 Å². The van der Waals surface area contributed by atoms with Crippen LogP contribution in [-0.4, -0.2) is 11.7 Å². The number of nitrogens with two attached hydrogens (primary N) is 1. The number of nitrogens with zero attached hydrogens (tertiary/aromatic N) is 1. The Bertz CT molecular complexity index is 908. The molecule has 0 bridgehead atoms. The van der Waals surface area contributed by atoms with Crippen LogP contribution in [0.25, 0.3) is 0 Å². The standard InChI is InChI=1S/C20H19ClFN3O/c1-12-9-10-20(2,25-18(12)23)16-11-15(7-8-17(16)22)24-19(26)13-3-5-14(21)6-4-13/h3-8,11H,1,9-10H2,2H3,(H2,23,25)(H,24,26)/t20-/m0/s1. The average molecular weight is 372 g/mol. The largest absolute Gasteiger partial charge is 0.384 e. The van der Waals surface area contributed by atoms with Gasteiger partial charge in [0.25, 0.3) is 5.91 Å². The number of carbonyl (C=O) groups is 1. The van der Waals surface area contributed by atoms with E-state index >= 15 is 0 Å². The molecule has 1 heterocycles. The molecule has 1 aliphatic heterocycles. The number of anilines is 1. The second-order valence-corrected chi connectivity index (χ2v) is 6.97. The molecule has 3 N–H and O–H groups in total. The Labute approximate surface area is 156 Å². The van der Waals surface area contributed by atoms with Crippen molar-refractivity contribution in [3.8, 4) is 0 Å². The third-order valence-corrected chi connectivity index (χ3v) is 4.81. The number of halogens is 2. The Morgan fingerprint density at radius 2 is 2.00 bits per heavy atom. The molecule has 3 rings (SSSR count). The minimum atomic E-state index is -0.795. The molecule has 0 unspecified atom stereocenters. The highest BCUT2D eigenvalue weighted by Crippen LogP contribution is 2.38. The normalized spacial score (nSPS) is 19.8. The second-order valence-electron chi connectivity index (χ2n) is 6.53. The first kappa shape index (κ1) is 18.1. The highest BCUT2D eigenvalue weighted by Gasteiger charge is 2.33. The number of nitrogens with one attached hydrogen (secondary N) is 1. The van der Waals surface area contributed by atoms with Crippen molar-refractivity contribution in [2.75, 3.05) is 5.32 Å². The van der Waals surface area contributed by atoms with Crippen LogP contribution in [0.3, 0.4) is 0 Å². The number of hydrogen-bond acceptors (Lipinski definition) is 3. The molecule has 0 aliphatic carbocycles. The molecular formula is C20H19ClFN3O. The molecule has 134 valence electrons. The topological polar surface area (TPSA) is 67.5 Å². The molecule has 0 saturated heterocycles. The maximum Gasteiger partial charge on any atom is 0.255 e. The van der Waals surface area contributed by atoms with E-state index in [9.17, 15) is 9.18 Å². The van der Waals surface area contributed by atoms with Crippen LogP contribution in [0.5, 0.6) is 0 Å². The van der Waals surface area contributed by atoms with Crippen LogP contribution in [0.15, 0.2) is 59.6 Å². The Morgan fingerprint density at radius 1 is 1.31 bits per heavy atom. The molecular weight excluding hydrogens is 353 g/mol. The van der Waals surface area contributed by atoms with Crippen molar-refractivity contribution >= 4 is 29.0 Å². The zero-order valence-corrected chi connectivity index (χ0v) is 15.1. The third-order valence-electron chi connectivity index (χ3n) is 4.55. The summed E-state index contributed by atoms with van der Waals surface area (Å²) in [6.07, 6.45) is 1.24. The van der Waals surface area contributed by atoms with Crippen molar-refractivity contribution in [2.24, 2.45) is 10.7 Å². The van der Waals surface area contributed by atoms with Gasteiger partial charge in [-0.15, -0.1) is 0 Å². The summed E-state index contributed by atoms with van der Waals surface area (Å²) >= 11 is 5.84. The smallest absolute Gasteiger partial charge is 0.255 e. The SMILES string of the molecule is C=C1CC[C@@](C)(c2cc(NC(=O)c3ccc(Cl)cc3)ccc2F)N=C1N. The van der Waals surface area contributed by atoms with Gasteiger partial charge in [0.1, 0.15) is 11.7 Å². The van der Waals surface area contributed by atoms with E-state index in [1.54, 1.807) is 30.3 Å². The highest BCUT2D eigenvalue weighted by atomic mass is 35.5. The molecule has 1 atom stereocenters. The molecule has 0 aromatic heterocycles. The van der Waals surface area contributed by atoms with Crippen molar-refractivity contribution in [3.63, 3.8) is 0 Å². The van der Waals surface area contributed by atoms with Crippen LogP contribution in [0.2, 0.25) is 5.02 Å². The quantitative estimate of drug-likeness (QED) is 0.824. The Balaban J connectivity index is 1.89. The van der Waals surface area contributed by atoms with Crippen molar-refractivity contribution in [3.05, 3.63) is 76.6 Å². The molecule has 0 saturated carbocycles. The van der Waals surface area contributed by atoms with Crippen LogP contribution in [0, 0.1) is 5.82 Å². The van der Waals surface area contributed by atoms with Gasteiger partial charge in [-0.3, -0.25) is 9.79 Å². The lowest BCUT2D eigenvalue weighted by molar-refractivity contribution is 0.102. The predicted octanol–water partition coefficient (Wildman–Crippen LogP) is 4.65. The van der Waals surface area contributed by atoms with Crippen molar-refractivity contribution in [1.82, 2.24) is 0 Å². The number of benzene rings is 2. The van der Waals surface area contributed by atoms with Crippen molar-refractivity contribution < 1.29 is 9.18 Å². The molecule has 0 radical (unpaired) electrons. The van der Waals surface area contributed by atoms with Gasteiger partial charge in [-0.2, -0.15) is 0 Å². The number of hydrogen-bond donors (Lipinski definition) is 2. The summed E-state index contributed by atoms with van der Waals surface area (Å²) in [6.45, 7) is 5.69. The minimum absolute atomic E-state index is 0.301. The number of amidine groups is 1. The Kier molecular flexibility index (Phi) is 4.83. The monoisotopic (exact) mass is 371 g/mol. The van der Waals surface area contributed by atoms with Gasteiger partial charge >= 0.3 is 0 Å². The van der Waals surface area contributed by atoms with Crippen molar-refractivity contribution in [2.45, 2.75) is 25.3 Å². The van der Waals surface area contributed by atoms with Gasteiger partial charge in [0, 0.05) is 21.8 Å². The highest BCUT2D eigenvalue weighted by molar-refractivity contribution is 6.30. The van der Waals surface area contributed by atoms with Gasteiger partial charge in [0.15, 0.2) is 0 Å². The molecule has 1 amide bonds. The number of carbonyl (C=O) groups excluding carboxylic acids is 1. The minimum Gasteiger partial charge on any atom is -0.384 e. The van der Waals surface area contributed by atoms with E-state index < -0.39 is 5.54 Å². The van der Waals surface area contributed by atoms with Gasteiger partial charge in [-0.05, 0) is 67.8 Å². The zero-order valence-electron chi connectivity index (χ0n) is 14.4. The first-order valence-electron chi connectivity index (χ1n) is 8.19.